The Hall–Kier alpha value is -3.09. The van der Waals surface area contributed by atoms with Crippen LogP contribution >= 0.6 is 0 Å². The molecule has 0 spiro atoms. The molecule has 3 rings (SSSR count). The van der Waals surface area contributed by atoms with Crippen LogP contribution in [0.3, 0.4) is 0 Å². The molecule has 0 aliphatic carbocycles. The van der Waals surface area contributed by atoms with Gasteiger partial charge >= 0.3 is 5.97 Å². The third kappa shape index (κ3) is 4.55. The van der Waals surface area contributed by atoms with E-state index < -0.39 is 12.0 Å². The zero-order valence-corrected chi connectivity index (χ0v) is 15.6. The highest BCUT2D eigenvalue weighted by molar-refractivity contribution is 5.97. The Morgan fingerprint density at radius 3 is 2.30 bits per heavy atom. The van der Waals surface area contributed by atoms with Crippen molar-refractivity contribution in [1.29, 1.82) is 0 Å². The number of methoxy groups -OCH3 is 1. The molecule has 1 N–H and O–H groups in total. The minimum Gasteiger partial charge on any atom is -0.467 e. The number of hydrogen-bond acceptors (Lipinski definition) is 6. The van der Waals surface area contributed by atoms with Gasteiger partial charge in [-0.25, -0.2) is 4.79 Å². The van der Waals surface area contributed by atoms with Gasteiger partial charge in [-0.15, -0.1) is 0 Å². The van der Waals surface area contributed by atoms with Crippen LogP contribution in [0.25, 0.3) is 0 Å². The monoisotopic (exact) mass is 368 g/mol. The number of hydrogen-bond donors (Lipinski definition) is 1. The summed E-state index contributed by atoms with van der Waals surface area (Å²) in [5.74, 6) is -0.753. The number of rotatable bonds is 5. The van der Waals surface area contributed by atoms with Gasteiger partial charge in [0.25, 0.3) is 5.91 Å². The Kier molecular flexibility index (Phi) is 5.90. The average Bonchev–Trinajstić information content (AvgIpc) is 2.74. The zero-order valence-electron chi connectivity index (χ0n) is 15.6. The van der Waals surface area contributed by atoms with Crippen molar-refractivity contribution in [3.8, 4) is 0 Å². The second-order valence-electron chi connectivity index (χ2n) is 6.45. The number of esters is 1. The third-order valence-corrected chi connectivity index (χ3v) is 4.68. The fourth-order valence-electron chi connectivity index (χ4n) is 3.14. The van der Waals surface area contributed by atoms with Gasteiger partial charge in [-0.1, -0.05) is 6.07 Å². The molecule has 7 heteroatoms. The maximum atomic E-state index is 12.4. The standard InChI is InChI=1S/C20H24N4O3/c1-15(20(26)27-2)22-19(25)16-4-3-5-18(14-16)24-12-10-23(11-13-24)17-6-8-21-9-7-17/h3-9,14-15H,10-13H2,1-2H3,(H,22,25). The van der Waals surface area contributed by atoms with E-state index in [4.69, 9.17) is 0 Å². The van der Waals surface area contributed by atoms with E-state index in [1.54, 1.807) is 25.4 Å². The van der Waals surface area contributed by atoms with Crippen LogP contribution in [0.1, 0.15) is 17.3 Å². The molecule has 0 radical (unpaired) electrons. The number of benzene rings is 1. The normalized spacial score (nSPS) is 15.2. The Bertz CT molecular complexity index is 789. The molecule has 1 amide bonds. The van der Waals surface area contributed by atoms with Crippen LogP contribution in [-0.4, -0.2) is 56.2 Å². The second-order valence-corrected chi connectivity index (χ2v) is 6.45. The van der Waals surface area contributed by atoms with Crippen molar-refractivity contribution >= 4 is 23.3 Å². The lowest BCUT2D eigenvalue weighted by molar-refractivity contribution is -0.142. The Labute approximate surface area is 158 Å². The average molecular weight is 368 g/mol. The Morgan fingerprint density at radius 2 is 1.67 bits per heavy atom. The highest BCUT2D eigenvalue weighted by atomic mass is 16.5. The van der Waals surface area contributed by atoms with Crippen LogP contribution in [0.4, 0.5) is 11.4 Å². The van der Waals surface area contributed by atoms with Crippen LogP contribution in [0, 0.1) is 0 Å². The molecule has 1 fully saturated rings. The number of nitrogens with zero attached hydrogens (tertiary/aromatic N) is 3. The molecule has 1 aromatic heterocycles. The first-order chi connectivity index (χ1) is 13.1. The first kappa shape index (κ1) is 18.7. The van der Waals surface area contributed by atoms with Gasteiger partial charge < -0.3 is 19.9 Å². The summed E-state index contributed by atoms with van der Waals surface area (Å²) in [5, 5.41) is 2.66. The summed E-state index contributed by atoms with van der Waals surface area (Å²) in [5.41, 5.74) is 2.71. The molecule has 2 aromatic rings. The van der Waals surface area contributed by atoms with E-state index in [9.17, 15) is 9.59 Å². The number of nitrogens with one attached hydrogen (secondary N) is 1. The number of carbonyl (C=O) groups excluding carboxylic acids is 2. The van der Waals surface area contributed by atoms with Crippen LogP contribution in [-0.2, 0) is 9.53 Å². The maximum absolute atomic E-state index is 12.4. The van der Waals surface area contributed by atoms with Crippen LogP contribution in [0.15, 0.2) is 48.8 Å². The van der Waals surface area contributed by atoms with E-state index in [1.165, 1.54) is 12.8 Å². The summed E-state index contributed by atoms with van der Waals surface area (Å²) in [6, 6.07) is 10.8. The van der Waals surface area contributed by atoms with E-state index in [0.29, 0.717) is 5.56 Å². The highest BCUT2D eigenvalue weighted by Crippen LogP contribution is 2.21. The quantitative estimate of drug-likeness (QED) is 0.810. The van der Waals surface area contributed by atoms with Gasteiger partial charge in [-0.05, 0) is 37.3 Å². The topological polar surface area (TPSA) is 74.8 Å². The summed E-state index contributed by atoms with van der Waals surface area (Å²) in [7, 11) is 1.30. The van der Waals surface area contributed by atoms with Gasteiger partial charge in [0, 0.05) is 55.5 Å². The number of piperazine rings is 1. The van der Waals surface area contributed by atoms with Gasteiger partial charge in [-0.3, -0.25) is 9.78 Å². The van der Waals surface area contributed by atoms with Crippen molar-refractivity contribution in [2.75, 3.05) is 43.1 Å². The smallest absolute Gasteiger partial charge is 0.328 e. The Balaban J connectivity index is 1.63. The minimum absolute atomic E-state index is 0.287. The van der Waals surface area contributed by atoms with Crippen molar-refractivity contribution in [2.24, 2.45) is 0 Å². The minimum atomic E-state index is -0.685. The Morgan fingerprint density at radius 1 is 1.04 bits per heavy atom. The first-order valence-electron chi connectivity index (χ1n) is 8.97. The lowest BCUT2D eigenvalue weighted by atomic mass is 10.1. The molecule has 0 saturated carbocycles. The molecular formula is C20H24N4O3. The molecule has 2 heterocycles. The summed E-state index contributed by atoms with van der Waals surface area (Å²) in [6.45, 7) is 5.14. The van der Waals surface area contributed by atoms with Crippen molar-refractivity contribution in [2.45, 2.75) is 13.0 Å². The maximum Gasteiger partial charge on any atom is 0.328 e. The predicted molar refractivity (Wildman–Crippen MR) is 104 cm³/mol. The lowest BCUT2D eigenvalue weighted by Gasteiger charge is -2.37. The van der Waals surface area contributed by atoms with E-state index in [0.717, 1.165) is 31.9 Å². The van der Waals surface area contributed by atoms with E-state index >= 15 is 0 Å². The predicted octanol–water partition coefficient (Wildman–Crippen LogP) is 1.70. The fraction of sp³-hybridized carbons (Fsp3) is 0.350. The van der Waals surface area contributed by atoms with E-state index in [1.807, 2.05) is 30.3 Å². The van der Waals surface area contributed by atoms with Gasteiger partial charge in [0.1, 0.15) is 6.04 Å². The zero-order chi connectivity index (χ0) is 19.2. The fourth-order valence-corrected chi connectivity index (χ4v) is 3.14. The van der Waals surface area contributed by atoms with Gasteiger partial charge in [0.15, 0.2) is 0 Å². The first-order valence-corrected chi connectivity index (χ1v) is 8.97. The molecule has 27 heavy (non-hydrogen) atoms. The SMILES string of the molecule is COC(=O)C(C)NC(=O)c1cccc(N2CCN(c3ccncc3)CC2)c1. The molecule has 142 valence electrons. The molecule has 1 atom stereocenters. The van der Waals surface area contributed by atoms with Crippen LogP contribution in [0.2, 0.25) is 0 Å². The number of carbonyl (C=O) groups is 2. The van der Waals surface area contributed by atoms with Crippen molar-refractivity contribution in [1.82, 2.24) is 10.3 Å². The summed E-state index contributed by atoms with van der Waals surface area (Å²) >= 11 is 0. The van der Waals surface area contributed by atoms with Crippen LogP contribution < -0.4 is 15.1 Å². The van der Waals surface area contributed by atoms with Gasteiger partial charge in [-0.2, -0.15) is 0 Å². The number of aromatic nitrogens is 1. The van der Waals surface area contributed by atoms with Gasteiger partial charge in [0.2, 0.25) is 0 Å². The summed E-state index contributed by atoms with van der Waals surface area (Å²) in [6.07, 6.45) is 3.61. The van der Waals surface area contributed by atoms with E-state index in [2.05, 4.69) is 24.8 Å². The lowest BCUT2D eigenvalue weighted by Crippen LogP contribution is -2.46. The second kappa shape index (κ2) is 8.53. The summed E-state index contributed by atoms with van der Waals surface area (Å²) < 4.78 is 4.64. The van der Waals surface area contributed by atoms with Crippen molar-refractivity contribution in [3.05, 3.63) is 54.4 Å². The van der Waals surface area contributed by atoms with Gasteiger partial charge in [0.05, 0.1) is 7.11 Å². The van der Waals surface area contributed by atoms with E-state index in [-0.39, 0.29) is 5.91 Å². The molecule has 0 bridgehead atoms. The third-order valence-electron chi connectivity index (χ3n) is 4.68. The number of ether oxygens (including phenoxy) is 1. The highest BCUT2D eigenvalue weighted by Gasteiger charge is 2.20. The number of amides is 1. The largest absolute Gasteiger partial charge is 0.467 e. The molecule has 1 saturated heterocycles. The molecular weight excluding hydrogens is 344 g/mol. The summed E-state index contributed by atoms with van der Waals surface area (Å²) in [4.78, 5) is 32.5. The molecule has 1 unspecified atom stereocenters. The van der Waals surface area contributed by atoms with Crippen LogP contribution in [0.5, 0.6) is 0 Å². The molecule has 1 aliphatic rings. The molecule has 1 aliphatic heterocycles. The number of anilines is 2. The molecule has 1 aromatic carbocycles. The van der Waals surface area contributed by atoms with Crippen molar-refractivity contribution < 1.29 is 14.3 Å². The molecule has 7 nitrogen and oxygen atoms in total. The number of pyridine rings is 1. The van der Waals surface area contributed by atoms with Crippen molar-refractivity contribution in [3.63, 3.8) is 0 Å².